The van der Waals surface area contributed by atoms with Gasteiger partial charge in [-0.3, -0.25) is 0 Å². The Morgan fingerprint density at radius 3 is 2.42 bits per heavy atom. The van der Waals surface area contributed by atoms with Gasteiger partial charge >= 0.3 is 6.18 Å². The molecular formula is C16H13ClF3N3O2S. The van der Waals surface area contributed by atoms with Crippen molar-refractivity contribution in [1.82, 2.24) is 14.3 Å². The largest absolute Gasteiger partial charge is 0.449 e. The molecule has 1 heterocycles. The zero-order chi connectivity index (χ0) is 18.9. The zero-order valence-electron chi connectivity index (χ0n) is 13.2. The zero-order valence-corrected chi connectivity index (χ0v) is 14.7. The second kappa shape index (κ2) is 6.90. The first-order chi connectivity index (χ1) is 12.2. The highest BCUT2D eigenvalue weighted by molar-refractivity contribution is 7.89. The van der Waals surface area contributed by atoms with Crippen molar-refractivity contribution in [2.75, 3.05) is 6.54 Å². The van der Waals surface area contributed by atoms with E-state index in [-0.39, 0.29) is 34.0 Å². The average Bonchev–Trinajstić information content (AvgIpc) is 2.94. The number of fused-ring (bicyclic) bond motifs is 1. The number of rotatable bonds is 5. The minimum absolute atomic E-state index is 0.0315. The molecule has 0 amide bonds. The highest BCUT2D eigenvalue weighted by Gasteiger charge is 2.37. The fraction of sp³-hybridized carbons (Fsp3) is 0.188. The van der Waals surface area contributed by atoms with Gasteiger partial charge in [-0.1, -0.05) is 35.9 Å². The van der Waals surface area contributed by atoms with Crippen LogP contribution < -0.4 is 4.72 Å². The maximum absolute atomic E-state index is 13.2. The van der Waals surface area contributed by atoms with Gasteiger partial charge in [-0.15, -0.1) is 0 Å². The maximum atomic E-state index is 13.2. The number of halogens is 4. The molecule has 1 aromatic heterocycles. The van der Waals surface area contributed by atoms with Gasteiger partial charge in [0.05, 0.1) is 16.1 Å². The van der Waals surface area contributed by atoms with Crippen LogP contribution in [0.3, 0.4) is 0 Å². The van der Waals surface area contributed by atoms with Crippen molar-refractivity contribution in [2.45, 2.75) is 17.6 Å². The van der Waals surface area contributed by atoms with Gasteiger partial charge in [0.2, 0.25) is 15.8 Å². The van der Waals surface area contributed by atoms with Crippen LogP contribution in [0.25, 0.3) is 11.0 Å². The molecule has 0 bridgehead atoms. The molecule has 1 N–H and O–H groups in total. The number of nitrogens with one attached hydrogen (secondary N) is 1. The summed E-state index contributed by atoms with van der Waals surface area (Å²) < 4.78 is 67.5. The lowest BCUT2D eigenvalue weighted by molar-refractivity contribution is -0.146. The molecule has 2 aromatic carbocycles. The van der Waals surface area contributed by atoms with E-state index in [9.17, 15) is 21.6 Å². The monoisotopic (exact) mass is 403 g/mol. The maximum Gasteiger partial charge on any atom is 0.449 e. The summed E-state index contributed by atoms with van der Waals surface area (Å²) in [6.45, 7) is -0.490. The van der Waals surface area contributed by atoms with Crippen LogP contribution in [0.2, 0.25) is 5.02 Å². The minimum Gasteiger partial charge on any atom is -0.319 e. The third kappa shape index (κ3) is 3.69. The van der Waals surface area contributed by atoms with Crippen LogP contribution >= 0.6 is 11.6 Å². The summed E-state index contributed by atoms with van der Waals surface area (Å²) in [6.07, 6.45) is -4.65. The van der Waals surface area contributed by atoms with E-state index in [1.54, 1.807) is 18.2 Å². The van der Waals surface area contributed by atoms with E-state index >= 15 is 0 Å². The Morgan fingerprint density at radius 1 is 1.08 bits per heavy atom. The van der Waals surface area contributed by atoms with Crippen molar-refractivity contribution < 1.29 is 21.6 Å². The van der Waals surface area contributed by atoms with Gasteiger partial charge in [0, 0.05) is 13.1 Å². The molecule has 26 heavy (non-hydrogen) atoms. The summed E-state index contributed by atoms with van der Waals surface area (Å²) in [5, 5.41) is 0.0315. The lowest BCUT2D eigenvalue weighted by Gasteiger charge is -2.12. The Hall–Kier alpha value is -2.10. The Labute approximate surface area is 152 Å². The number of hydrogen-bond acceptors (Lipinski definition) is 3. The highest BCUT2D eigenvalue weighted by Crippen LogP contribution is 2.31. The predicted octanol–water partition coefficient (Wildman–Crippen LogP) is 3.69. The van der Waals surface area contributed by atoms with Crippen LogP contribution in [0.15, 0.2) is 53.4 Å². The van der Waals surface area contributed by atoms with Gasteiger partial charge in [-0.05, 0) is 24.3 Å². The van der Waals surface area contributed by atoms with E-state index in [2.05, 4.69) is 9.71 Å². The van der Waals surface area contributed by atoms with Gasteiger partial charge in [0.25, 0.3) is 0 Å². The molecule has 5 nitrogen and oxygen atoms in total. The average molecular weight is 404 g/mol. The molecule has 10 heteroatoms. The van der Waals surface area contributed by atoms with Gasteiger partial charge in [0.15, 0.2) is 0 Å². The first kappa shape index (κ1) is 18.7. The number of imidazole rings is 1. The van der Waals surface area contributed by atoms with Crippen molar-refractivity contribution in [3.05, 3.63) is 59.4 Å². The molecule has 0 saturated heterocycles. The van der Waals surface area contributed by atoms with E-state index in [1.165, 1.54) is 30.3 Å². The lowest BCUT2D eigenvalue weighted by Crippen LogP contribution is -2.29. The van der Waals surface area contributed by atoms with Gasteiger partial charge < -0.3 is 4.57 Å². The number of sulfonamides is 1. The third-order valence-electron chi connectivity index (χ3n) is 3.66. The fourth-order valence-corrected chi connectivity index (χ4v) is 4.09. The topological polar surface area (TPSA) is 64.0 Å². The molecule has 138 valence electrons. The highest BCUT2D eigenvalue weighted by atomic mass is 35.5. The number of alkyl halides is 3. The van der Waals surface area contributed by atoms with Crippen LogP contribution in [0.4, 0.5) is 13.2 Å². The van der Waals surface area contributed by atoms with Crippen molar-refractivity contribution in [2.24, 2.45) is 0 Å². The fourth-order valence-electron chi connectivity index (χ4n) is 2.55. The Balaban J connectivity index is 1.85. The molecule has 0 fully saturated rings. The lowest BCUT2D eigenvalue weighted by atomic mass is 10.3. The molecule has 0 unspecified atom stereocenters. The summed E-state index contributed by atoms with van der Waals surface area (Å²) >= 11 is 5.87. The van der Waals surface area contributed by atoms with Gasteiger partial charge in [0.1, 0.15) is 4.90 Å². The van der Waals surface area contributed by atoms with E-state index < -0.39 is 22.0 Å². The number of hydrogen-bond donors (Lipinski definition) is 1. The Morgan fingerprint density at radius 2 is 1.73 bits per heavy atom. The van der Waals surface area contributed by atoms with Crippen LogP contribution in [-0.2, 0) is 22.7 Å². The van der Waals surface area contributed by atoms with Gasteiger partial charge in [-0.2, -0.15) is 13.2 Å². The smallest absolute Gasteiger partial charge is 0.319 e. The summed E-state index contributed by atoms with van der Waals surface area (Å²) in [6, 6.07) is 12.0. The summed E-state index contributed by atoms with van der Waals surface area (Å²) in [7, 11) is -3.94. The SMILES string of the molecule is O=S(=O)(NCCn1c(C(F)(F)F)nc2ccccc21)c1ccccc1Cl. The molecule has 0 atom stereocenters. The van der Waals surface area contributed by atoms with E-state index in [1.807, 2.05) is 0 Å². The van der Waals surface area contributed by atoms with E-state index in [4.69, 9.17) is 11.6 Å². The molecule has 0 aliphatic rings. The number of benzene rings is 2. The van der Waals surface area contributed by atoms with Crippen molar-refractivity contribution in [3.8, 4) is 0 Å². The predicted molar refractivity (Wildman–Crippen MR) is 91.4 cm³/mol. The molecule has 0 radical (unpaired) electrons. The standard InChI is InChI=1S/C16H13ClF3N3O2S/c17-11-5-1-4-8-14(11)26(24,25)21-9-10-23-13-7-3-2-6-12(13)22-15(23)16(18,19)20/h1-8,21H,9-10H2. The number of aromatic nitrogens is 2. The first-order valence-corrected chi connectivity index (χ1v) is 9.33. The molecule has 0 saturated carbocycles. The summed E-state index contributed by atoms with van der Waals surface area (Å²) in [5.74, 6) is -1.07. The van der Waals surface area contributed by atoms with E-state index in [0.29, 0.717) is 0 Å². The summed E-state index contributed by atoms with van der Waals surface area (Å²) in [5.41, 5.74) is 0.463. The van der Waals surface area contributed by atoms with Crippen LogP contribution in [-0.4, -0.2) is 24.5 Å². The van der Waals surface area contributed by atoms with Gasteiger partial charge in [-0.25, -0.2) is 18.1 Å². The summed E-state index contributed by atoms with van der Waals surface area (Å²) in [4.78, 5) is 3.48. The molecular weight excluding hydrogens is 391 g/mol. The second-order valence-electron chi connectivity index (χ2n) is 5.40. The van der Waals surface area contributed by atoms with E-state index in [0.717, 1.165) is 4.57 Å². The number of para-hydroxylation sites is 2. The molecule has 0 aliphatic carbocycles. The Kier molecular flexibility index (Phi) is 4.96. The number of nitrogens with zero attached hydrogens (tertiary/aromatic N) is 2. The van der Waals surface area contributed by atoms with Crippen LogP contribution in [0.1, 0.15) is 5.82 Å². The second-order valence-corrected chi connectivity index (χ2v) is 7.54. The quantitative estimate of drug-likeness (QED) is 0.706. The van der Waals surface area contributed by atoms with Crippen LogP contribution in [0.5, 0.6) is 0 Å². The molecule has 0 spiro atoms. The molecule has 3 aromatic rings. The minimum atomic E-state index is -4.65. The molecule has 0 aliphatic heterocycles. The first-order valence-electron chi connectivity index (χ1n) is 7.47. The van der Waals surface area contributed by atoms with Crippen molar-refractivity contribution in [1.29, 1.82) is 0 Å². The normalized spacial score (nSPS) is 12.6. The van der Waals surface area contributed by atoms with Crippen molar-refractivity contribution in [3.63, 3.8) is 0 Å². The van der Waals surface area contributed by atoms with Crippen molar-refractivity contribution >= 4 is 32.7 Å². The Bertz CT molecular complexity index is 1050. The van der Waals surface area contributed by atoms with Crippen LogP contribution in [0, 0.1) is 0 Å². The molecule has 3 rings (SSSR count). The third-order valence-corrected chi connectivity index (χ3v) is 5.62.